The molecule has 0 amide bonds. The van der Waals surface area contributed by atoms with Crippen molar-refractivity contribution in [1.82, 2.24) is 19.7 Å². The Bertz CT molecular complexity index is 785. The van der Waals surface area contributed by atoms with E-state index in [1.807, 2.05) is 47.6 Å². The standard InChI is InChI=1S/C17H18N4O2S/c1-20-9-13(8-19-20)10-21-11-14(21)12-22-15-2-4-16(5-3-15)23-17-18-6-7-24-17/h2-9,14H,10-12H2,1H3. The quantitative estimate of drug-likeness (QED) is 0.618. The topological polar surface area (TPSA) is 52.2 Å². The number of hydrogen-bond donors (Lipinski definition) is 0. The van der Waals surface area contributed by atoms with E-state index < -0.39 is 0 Å². The number of rotatable bonds is 7. The van der Waals surface area contributed by atoms with Crippen LogP contribution in [0.15, 0.2) is 48.2 Å². The maximum absolute atomic E-state index is 5.86. The van der Waals surface area contributed by atoms with Gasteiger partial charge >= 0.3 is 0 Å². The third-order valence-corrected chi connectivity index (χ3v) is 4.50. The first-order valence-electron chi connectivity index (χ1n) is 7.78. The molecule has 0 radical (unpaired) electrons. The lowest BCUT2D eigenvalue weighted by Gasteiger charge is -2.07. The first-order valence-corrected chi connectivity index (χ1v) is 8.66. The smallest absolute Gasteiger partial charge is 0.278 e. The molecule has 124 valence electrons. The van der Waals surface area contributed by atoms with Gasteiger partial charge in [-0.25, -0.2) is 4.98 Å². The van der Waals surface area contributed by atoms with Crippen molar-refractivity contribution in [3.05, 3.63) is 53.8 Å². The minimum Gasteiger partial charge on any atom is -0.492 e. The molecule has 4 rings (SSSR count). The van der Waals surface area contributed by atoms with Crippen molar-refractivity contribution in [2.45, 2.75) is 12.6 Å². The minimum absolute atomic E-state index is 0.483. The Hall–Kier alpha value is -2.38. The minimum atomic E-state index is 0.483. The molecule has 2 atom stereocenters. The highest BCUT2D eigenvalue weighted by atomic mass is 32.1. The summed E-state index contributed by atoms with van der Waals surface area (Å²) in [6, 6.07) is 8.14. The summed E-state index contributed by atoms with van der Waals surface area (Å²) in [5.74, 6) is 1.62. The van der Waals surface area contributed by atoms with Gasteiger partial charge in [-0.3, -0.25) is 9.58 Å². The molecule has 24 heavy (non-hydrogen) atoms. The normalized spacial score (nSPS) is 19.2. The molecule has 0 aliphatic carbocycles. The summed E-state index contributed by atoms with van der Waals surface area (Å²) < 4.78 is 13.3. The van der Waals surface area contributed by atoms with Gasteiger partial charge in [-0.15, -0.1) is 0 Å². The highest BCUT2D eigenvalue weighted by Gasteiger charge is 2.34. The van der Waals surface area contributed by atoms with Crippen molar-refractivity contribution in [2.24, 2.45) is 7.05 Å². The summed E-state index contributed by atoms with van der Waals surface area (Å²) in [4.78, 5) is 6.47. The SMILES string of the molecule is Cn1cc(CN2CC2COc2ccc(Oc3nccs3)cc2)cn1. The van der Waals surface area contributed by atoms with E-state index in [1.165, 1.54) is 16.9 Å². The van der Waals surface area contributed by atoms with E-state index in [4.69, 9.17) is 9.47 Å². The summed E-state index contributed by atoms with van der Waals surface area (Å²) in [6.07, 6.45) is 5.69. The average Bonchev–Trinajstić information content (AvgIpc) is 2.95. The highest BCUT2D eigenvalue weighted by Crippen LogP contribution is 2.26. The van der Waals surface area contributed by atoms with Gasteiger partial charge in [0, 0.05) is 43.5 Å². The zero-order chi connectivity index (χ0) is 16.4. The summed E-state index contributed by atoms with van der Waals surface area (Å²) in [6.45, 7) is 2.70. The van der Waals surface area contributed by atoms with Crippen LogP contribution < -0.4 is 9.47 Å². The number of aromatic nitrogens is 3. The second-order valence-electron chi connectivity index (χ2n) is 5.79. The molecular formula is C17H18N4O2S. The van der Waals surface area contributed by atoms with Crippen LogP contribution in [-0.2, 0) is 13.6 Å². The Balaban J connectivity index is 1.23. The molecule has 3 heterocycles. The molecule has 3 aromatic rings. The molecular weight excluding hydrogens is 324 g/mol. The molecule has 1 aliphatic heterocycles. The molecule has 2 unspecified atom stereocenters. The lowest BCUT2D eigenvalue weighted by molar-refractivity contribution is 0.292. The Morgan fingerprint density at radius 3 is 2.79 bits per heavy atom. The maximum atomic E-state index is 5.86. The van der Waals surface area contributed by atoms with Gasteiger partial charge in [-0.2, -0.15) is 5.10 Å². The van der Waals surface area contributed by atoms with Crippen molar-refractivity contribution in [1.29, 1.82) is 0 Å². The van der Waals surface area contributed by atoms with Crippen molar-refractivity contribution in [2.75, 3.05) is 13.2 Å². The van der Waals surface area contributed by atoms with Crippen LogP contribution in [-0.4, -0.2) is 38.9 Å². The average molecular weight is 342 g/mol. The van der Waals surface area contributed by atoms with Crippen molar-refractivity contribution in [3.63, 3.8) is 0 Å². The van der Waals surface area contributed by atoms with E-state index in [1.54, 1.807) is 6.20 Å². The fourth-order valence-corrected chi connectivity index (χ4v) is 3.03. The van der Waals surface area contributed by atoms with Crippen LogP contribution >= 0.6 is 11.3 Å². The van der Waals surface area contributed by atoms with Gasteiger partial charge in [-0.05, 0) is 24.3 Å². The summed E-state index contributed by atoms with van der Waals surface area (Å²) in [5.41, 5.74) is 1.24. The van der Waals surface area contributed by atoms with Gasteiger partial charge in [0.2, 0.25) is 0 Å². The monoisotopic (exact) mass is 342 g/mol. The zero-order valence-corrected chi connectivity index (χ0v) is 14.1. The van der Waals surface area contributed by atoms with Crippen molar-refractivity contribution >= 4 is 11.3 Å². The van der Waals surface area contributed by atoms with E-state index >= 15 is 0 Å². The summed E-state index contributed by atoms with van der Waals surface area (Å²) >= 11 is 1.47. The molecule has 2 aromatic heterocycles. The van der Waals surface area contributed by atoms with Gasteiger partial charge in [-0.1, -0.05) is 11.3 Å². The third kappa shape index (κ3) is 3.74. The number of hydrogen-bond acceptors (Lipinski definition) is 6. The summed E-state index contributed by atoms with van der Waals surface area (Å²) in [7, 11) is 1.94. The molecule has 1 saturated heterocycles. The van der Waals surface area contributed by atoms with Crippen LogP contribution in [0.25, 0.3) is 0 Å². The number of benzene rings is 1. The molecule has 0 N–H and O–H groups in total. The molecule has 6 nitrogen and oxygen atoms in total. The molecule has 0 saturated carbocycles. The van der Waals surface area contributed by atoms with Crippen LogP contribution in [0.3, 0.4) is 0 Å². The number of ether oxygens (including phenoxy) is 2. The summed E-state index contributed by atoms with van der Waals surface area (Å²) in [5, 5.41) is 6.73. The second-order valence-corrected chi connectivity index (χ2v) is 6.65. The van der Waals surface area contributed by atoms with Crippen LogP contribution in [0.2, 0.25) is 0 Å². The fraction of sp³-hybridized carbons (Fsp3) is 0.294. The first-order chi connectivity index (χ1) is 11.8. The van der Waals surface area contributed by atoms with E-state index in [0.717, 1.165) is 24.6 Å². The van der Waals surface area contributed by atoms with Crippen LogP contribution in [0, 0.1) is 0 Å². The second kappa shape index (κ2) is 6.62. The van der Waals surface area contributed by atoms with Gasteiger partial charge < -0.3 is 9.47 Å². The Morgan fingerprint density at radius 2 is 2.08 bits per heavy atom. The Kier molecular flexibility index (Phi) is 4.18. The first kappa shape index (κ1) is 15.2. The number of thiazole rings is 1. The highest BCUT2D eigenvalue weighted by molar-refractivity contribution is 7.11. The van der Waals surface area contributed by atoms with E-state index in [-0.39, 0.29) is 0 Å². The van der Waals surface area contributed by atoms with Gasteiger partial charge in [0.1, 0.15) is 18.1 Å². The zero-order valence-electron chi connectivity index (χ0n) is 13.3. The van der Waals surface area contributed by atoms with Gasteiger partial charge in [0.25, 0.3) is 5.19 Å². The van der Waals surface area contributed by atoms with E-state index in [0.29, 0.717) is 17.8 Å². The lowest BCUT2D eigenvalue weighted by atomic mass is 10.3. The number of aryl methyl sites for hydroxylation is 1. The van der Waals surface area contributed by atoms with Crippen LogP contribution in [0.5, 0.6) is 16.7 Å². The van der Waals surface area contributed by atoms with Crippen LogP contribution in [0.4, 0.5) is 0 Å². The van der Waals surface area contributed by atoms with Gasteiger partial charge in [0.05, 0.1) is 12.2 Å². The van der Waals surface area contributed by atoms with Crippen LogP contribution in [0.1, 0.15) is 5.56 Å². The lowest BCUT2D eigenvalue weighted by Crippen LogP contribution is -2.10. The molecule has 7 heteroatoms. The molecule has 0 spiro atoms. The Morgan fingerprint density at radius 1 is 1.25 bits per heavy atom. The van der Waals surface area contributed by atoms with Crippen molar-refractivity contribution in [3.8, 4) is 16.7 Å². The predicted octanol–water partition coefficient (Wildman–Crippen LogP) is 2.93. The third-order valence-electron chi connectivity index (χ3n) is 3.85. The fourth-order valence-electron chi connectivity index (χ4n) is 2.52. The Labute approximate surface area is 144 Å². The largest absolute Gasteiger partial charge is 0.492 e. The van der Waals surface area contributed by atoms with E-state index in [2.05, 4.69) is 21.2 Å². The molecule has 1 aromatic carbocycles. The molecule has 0 bridgehead atoms. The van der Waals surface area contributed by atoms with Gasteiger partial charge in [0.15, 0.2) is 0 Å². The maximum Gasteiger partial charge on any atom is 0.278 e. The predicted molar refractivity (Wildman–Crippen MR) is 91.5 cm³/mol. The van der Waals surface area contributed by atoms with E-state index in [9.17, 15) is 0 Å². The molecule has 1 aliphatic rings. The number of nitrogens with zero attached hydrogens (tertiary/aromatic N) is 4. The molecule has 1 fully saturated rings. The van der Waals surface area contributed by atoms with Crippen molar-refractivity contribution < 1.29 is 9.47 Å².